The molecule has 0 aliphatic rings. The lowest BCUT2D eigenvalue weighted by molar-refractivity contribution is -0.146. The highest BCUT2D eigenvalue weighted by molar-refractivity contribution is 7.89. The van der Waals surface area contributed by atoms with Crippen LogP contribution in [0.15, 0.2) is 0 Å². The molecule has 0 aromatic heterocycles. The van der Waals surface area contributed by atoms with Crippen LogP contribution in [0, 0.1) is 11.3 Å². The topological polar surface area (TPSA) is 127 Å². The summed E-state index contributed by atoms with van der Waals surface area (Å²) in [5.41, 5.74) is 0. The molecule has 0 fully saturated rings. The maximum absolute atomic E-state index is 10.8. The number of hydrogen-bond donors (Lipinski definition) is 3. The lowest BCUT2D eigenvalue weighted by atomic mass is 10.3. The van der Waals surface area contributed by atoms with Crippen LogP contribution >= 0.6 is 0 Å². The third-order valence-corrected chi connectivity index (χ3v) is 2.43. The standard InChI is InChI=1S/C6H10N2O5S/c7-2-4-14(12,13)8-3-1-5(9)6(10)11/h5,8-9H,1,3-4H2,(H,10,11)/t5-/m0/s1. The van der Waals surface area contributed by atoms with Gasteiger partial charge < -0.3 is 10.2 Å². The molecule has 0 unspecified atom stereocenters. The Morgan fingerprint density at radius 2 is 2.14 bits per heavy atom. The lowest BCUT2D eigenvalue weighted by Gasteiger charge is -2.05. The van der Waals surface area contributed by atoms with Crippen molar-refractivity contribution in [2.45, 2.75) is 12.5 Å². The number of aliphatic hydroxyl groups excluding tert-OH is 1. The second-order valence-electron chi connectivity index (χ2n) is 2.45. The van der Waals surface area contributed by atoms with Crippen LogP contribution in [-0.4, -0.2) is 43.0 Å². The first-order valence-electron chi connectivity index (χ1n) is 3.64. The molecule has 0 saturated heterocycles. The molecular weight excluding hydrogens is 212 g/mol. The van der Waals surface area contributed by atoms with Gasteiger partial charge in [-0.2, -0.15) is 5.26 Å². The molecule has 0 aromatic rings. The Bertz CT molecular complexity index is 331. The Kier molecular flexibility index (Phi) is 5.07. The third-order valence-electron chi connectivity index (χ3n) is 1.28. The highest BCUT2D eigenvalue weighted by Gasteiger charge is 2.14. The average Bonchev–Trinajstić information content (AvgIpc) is 2.03. The fraction of sp³-hybridized carbons (Fsp3) is 0.667. The summed E-state index contributed by atoms with van der Waals surface area (Å²) in [5.74, 6) is -2.10. The van der Waals surface area contributed by atoms with Crippen molar-refractivity contribution in [1.29, 1.82) is 5.26 Å². The molecule has 0 heterocycles. The first kappa shape index (κ1) is 12.8. The summed E-state index contributed by atoms with van der Waals surface area (Å²) in [6.45, 7) is -0.211. The van der Waals surface area contributed by atoms with Gasteiger partial charge >= 0.3 is 5.97 Å². The second kappa shape index (κ2) is 5.54. The van der Waals surface area contributed by atoms with Gasteiger partial charge in [0, 0.05) is 6.54 Å². The molecule has 8 heteroatoms. The molecule has 0 saturated carbocycles. The minimum absolute atomic E-state index is 0.211. The van der Waals surface area contributed by atoms with Gasteiger partial charge in [0.2, 0.25) is 10.0 Å². The molecule has 0 amide bonds. The predicted octanol–water partition coefficient (Wildman–Crippen LogP) is -1.74. The molecule has 0 spiro atoms. The van der Waals surface area contributed by atoms with Crippen LogP contribution in [0.2, 0.25) is 0 Å². The fourth-order valence-corrected chi connectivity index (χ4v) is 1.31. The van der Waals surface area contributed by atoms with Gasteiger partial charge in [-0.3, -0.25) is 0 Å². The van der Waals surface area contributed by atoms with Gasteiger partial charge in [-0.1, -0.05) is 0 Å². The van der Waals surface area contributed by atoms with Crippen molar-refractivity contribution in [3.05, 3.63) is 0 Å². The number of carboxylic acid groups (broad SMARTS) is 1. The summed E-state index contributed by atoms with van der Waals surface area (Å²) in [6, 6.07) is 1.44. The van der Waals surface area contributed by atoms with Crippen molar-refractivity contribution in [2.75, 3.05) is 12.3 Å². The SMILES string of the molecule is N#CCS(=O)(=O)NCC[C@H](O)C(=O)O. The van der Waals surface area contributed by atoms with E-state index in [-0.39, 0.29) is 13.0 Å². The number of sulfonamides is 1. The summed E-state index contributed by atoms with van der Waals surface area (Å²) in [4.78, 5) is 10.1. The van der Waals surface area contributed by atoms with Gasteiger partial charge in [-0.15, -0.1) is 0 Å². The molecule has 7 nitrogen and oxygen atoms in total. The van der Waals surface area contributed by atoms with Crippen LogP contribution < -0.4 is 4.72 Å². The summed E-state index contributed by atoms with van der Waals surface area (Å²) in [5, 5.41) is 25.1. The number of carbonyl (C=O) groups is 1. The number of carboxylic acids is 1. The van der Waals surface area contributed by atoms with E-state index in [1.54, 1.807) is 0 Å². The van der Waals surface area contributed by atoms with Crippen LogP contribution in [0.4, 0.5) is 0 Å². The zero-order chi connectivity index (χ0) is 11.2. The minimum atomic E-state index is -3.67. The molecule has 14 heavy (non-hydrogen) atoms. The first-order valence-corrected chi connectivity index (χ1v) is 5.29. The van der Waals surface area contributed by atoms with E-state index in [9.17, 15) is 13.2 Å². The number of rotatable bonds is 6. The summed E-state index contributed by atoms with van der Waals surface area (Å²) >= 11 is 0. The Hall–Kier alpha value is -1.17. The van der Waals surface area contributed by atoms with Crippen molar-refractivity contribution in [1.82, 2.24) is 4.72 Å². The highest BCUT2D eigenvalue weighted by atomic mass is 32.2. The number of aliphatic carboxylic acids is 1. The maximum atomic E-state index is 10.8. The van der Waals surface area contributed by atoms with Crippen molar-refractivity contribution in [2.24, 2.45) is 0 Å². The van der Waals surface area contributed by atoms with Crippen LogP contribution in [0.3, 0.4) is 0 Å². The number of aliphatic hydroxyl groups is 1. The number of hydrogen-bond acceptors (Lipinski definition) is 5. The van der Waals surface area contributed by atoms with E-state index >= 15 is 0 Å². The van der Waals surface area contributed by atoms with E-state index < -0.39 is 27.8 Å². The van der Waals surface area contributed by atoms with E-state index in [4.69, 9.17) is 15.5 Å². The van der Waals surface area contributed by atoms with Crippen molar-refractivity contribution >= 4 is 16.0 Å². The van der Waals surface area contributed by atoms with E-state index in [0.717, 1.165) is 0 Å². The van der Waals surface area contributed by atoms with E-state index in [1.165, 1.54) is 6.07 Å². The summed E-state index contributed by atoms with van der Waals surface area (Å²) in [6.07, 6.45) is -1.83. The van der Waals surface area contributed by atoms with Crippen molar-refractivity contribution < 1.29 is 23.4 Å². The molecule has 0 rings (SSSR count). The van der Waals surface area contributed by atoms with Gasteiger partial charge in [0.25, 0.3) is 0 Å². The molecule has 0 radical (unpaired) electrons. The Labute approximate surface area is 81.0 Å². The van der Waals surface area contributed by atoms with Crippen molar-refractivity contribution in [3.63, 3.8) is 0 Å². The number of nitriles is 1. The quantitative estimate of drug-likeness (QED) is 0.489. The maximum Gasteiger partial charge on any atom is 0.332 e. The van der Waals surface area contributed by atoms with Gasteiger partial charge in [-0.05, 0) is 6.42 Å². The molecule has 3 N–H and O–H groups in total. The first-order chi connectivity index (χ1) is 6.39. The molecule has 80 valence electrons. The Balaban J connectivity index is 3.87. The van der Waals surface area contributed by atoms with Gasteiger partial charge in [-0.25, -0.2) is 17.9 Å². The van der Waals surface area contributed by atoms with Crippen LogP contribution in [0.1, 0.15) is 6.42 Å². The number of nitrogens with zero attached hydrogens (tertiary/aromatic N) is 1. The molecule has 0 aromatic carbocycles. The Morgan fingerprint density at radius 3 is 2.57 bits per heavy atom. The smallest absolute Gasteiger partial charge is 0.332 e. The van der Waals surface area contributed by atoms with Gasteiger partial charge in [0.05, 0.1) is 6.07 Å². The van der Waals surface area contributed by atoms with Gasteiger partial charge in [0.1, 0.15) is 0 Å². The zero-order valence-corrected chi connectivity index (χ0v) is 7.99. The molecule has 1 atom stereocenters. The lowest BCUT2D eigenvalue weighted by Crippen LogP contribution is -2.31. The molecular formula is C6H10N2O5S. The van der Waals surface area contributed by atoms with Crippen LogP contribution in [-0.2, 0) is 14.8 Å². The van der Waals surface area contributed by atoms with E-state index in [0.29, 0.717) is 0 Å². The summed E-state index contributed by atoms with van der Waals surface area (Å²) < 4.78 is 23.6. The predicted molar refractivity (Wildman–Crippen MR) is 45.7 cm³/mol. The number of nitrogens with one attached hydrogen (secondary N) is 1. The zero-order valence-electron chi connectivity index (χ0n) is 7.17. The Morgan fingerprint density at radius 1 is 1.57 bits per heavy atom. The van der Waals surface area contributed by atoms with Crippen LogP contribution in [0.25, 0.3) is 0 Å². The monoisotopic (exact) mass is 222 g/mol. The second-order valence-corrected chi connectivity index (χ2v) is 4.26. The third kappa shape index (κ3) is 5.47. The summed E-state index contributed by atoms with van der Waals surface area (Å²) in [7, 11) is -3.67. The minimum Gasteiger partial charge on any atom is -0.479 e. The van der Waals surface area contributed by atoms with Crippen LogP contribution in [0.5, 0.6) is 0 Å². The molecule has 0 aliphatic heterocycles. The van der Waals surface area contributed by atoms with Crippen molar-refractivity contribution in [3.8, 4) is 6.07 Å². The fourth-order valence-electron chi connectivity index (χ4n) is 0.611. The highest BCUT2D eigenvalue weighted by Crippen LogP contribution is 1.91. The normalized spacial score (nSPS) is 13.1. The van der Waals surface area contributed by atoms with E-state index in [1.807, 2.05) is 4.72 Å². The molecule has 0 bridgehead atoms. The van der Waals surface area contributed by atoms with Gasteiger partial charge in [0.15, 0.2) is 11.9 Å². The largest absolute Gasteiger partial charge is 0.479 e. The average molecular weight is 222 g/mol. The molecule has 0 aliphatic carbocycles. The van der Waals surface area contributed by atoms with E-state index in [2.05, 4.69) is 0 Å².